The second-order valence-electron chi connectivity index (χ2n) is 4.31. The molecule has 0 aliphatic heterocycles. The molecular formula is C15H14FNO2. The summed E-state index contributed by atoms with van der Waals surface area (Å²) in [5, 5.41) is 8.68. The summed E-state index contributed by atoms with van der Waals surface area (Å²) < 4.78 is 13.6. The average molecular weight is 259 g/mol. The molecule has 0 radical (unpaired) electrons. The molecule has 19 heavy (non-hydrogen) atoms. The van der Waals surface area contributed by atoms with Gasteiger partial charge in [-0.3, -0.25) is 4.79 Å². The van der Waals surface area contributed by atoms with Crippen molar-refractivity contribution in [1.82, 2.24) is 0 Å². The van der Waals surface area contributed by atoms with Crippen LogP contribution in [-0.2, 0) is 4.79 Å². The van der Waals surface area contributed by atoms with Gasteiger partial charge in [0.1, 0.15) is 5.82 Å². The van der Waals surface area contributed by atoms with Crippen molar-refractivity contribution in [1.29, 1.82) is 0 Å². The predicted molar refractivity (Wildman–Crippen MR) is 71.0 cm³/mol. The molecule has 0 spiro atoms. The first-order chi connectivity index (χ1) is 9.08. The van der Waals surface area contributed by atoms with Crippen molar-refractivity contribution in [3.63, 3.8) is 0 Å². The van der Waals surface area contributed by atoms with E-state index in [0.29, 0.717) is 5.56 Å². The summed E-state index contributed by atoms with van der Waals surface area (Å²) in [6.45, 7) is 0. The lowest BCUT2D eigenvalue weighted by molar-refractivity contribution is -0.137. The molecular weight excluding hydrogens is 245 g/mol. The Hall–Kier alpha value is -2.20. The van der Waals surface area contributed by atoms with E-state index in [9.17, 15) is 9.18 Å². The molecule has 0 fully saturated rings. The maximum atomic E-state index is 13.6. The fraction of sp³-hybridized carbons (Fsp3) is 0.133. The Morgan fingerprint density at radius 2 is 1.79 bits per heavy atom. The van der Waals surface area contributed by atoms with Gasteiger partial charge in [-0.25, -0.2) is 4.39 Å². The van der Waals surface area contributed by atoms with Crippen LogP contribution in [0.4, 0.5) is 4.39 Å². The van der Waals surface area contributed by atoms with Gasteiger partial charge in [-0.2, -0.15) is 0 Å². The van der Waals surface area contributed by atoms with Gasteiger partial charge in [-0.05, 0) is 17.2 Å². The number of halogens is 1. The third-order valence-electron chi connectivity index (χ3n) is 2.92. The number of carboxylic acids is 1. The van der Waals surface area contributed by atoms with Gasteiger partial charge in [-0.15, -0.1) is 0 Å². The van der Waals surface area contributed by atoms with Crippen LogP contribution in [0.5, 0.6) is 0 Å². The summed E-state index contributed by atoms with van der Waals surface area (Å²) in [6, 6.07) is 12.9. The van der Waals surface area contributed by atoms with Crippen molar-refractivity contribution in [2.75, 3.05) is 0 Å². The molecule has 0 amide bonds. The van der Waals surface area contributed by atoms with E-state index in [4.69, 9.17) is 10.8 Å². The van der Waals surface area contributed by atoms with E-state index < -0.39 is 12.0 Å². The van der Waals surface area contributed by atoms with E-state index in [1.165, 1.54) is 6.07 Å². The Labute approximate surface area is 110 Å². The van der Waals surface area contributed by atoms with Gasteiger partial charge in [0, 0.05) is 11.6 Å². The van der Waals surface area contributed by atoms with Crippen LogP contribution in [0.1, 0.15) is 18.0 Å². The zero-order valence-corrected chi connectivity index (χ0v) is 10.2. The lowest BCUT2D eigenvalue weighted by Crippen LogP contribution is -2.14. The molecule has 1 atom stereocenters. The first-order valence-corrected chi connectivity index (χ1v) is 5.90. The van der Waals surface area contributed by atoms with Crippen molar-refractivity contribution >= 4 is 5.97 Å². The van der Waals surface area contributed by atoms with Crippen molar-refractivity contribution in [3.05, 3.63) is 59.9 Å². The molecule has 0 heterocycles. The van der Waals surface area contributed by atoms with Gasteiger partial charge in [0.15, 0.2) is 0 Å². The molecule has 3 nitrogen and oxygen atoms in total. The molecule has 0 saturated heterocycles. The standard InChI is InChI=1S/C15H14FNO2/c16-13-4-2-1-3-12(13)10-5-7-11(8-6-10)14(17)9-15(18)19/h1-8,14H,9,17H2,(H,18,19). The van der Waals surface area contributed by atoms with E-state index in [1.807, 2.05) is 0 Å². The number of carbonyl (C=O) groups is 1. The molecule has 0 aromatic heterocycles. The minimum atomic E-state index is -0.939. The number of nitrogens with two attached hydrogens (primary N) is 1. The molecule has 2 rings (SSSR count). The fourth-order valence-corrected chi connectivity index (χ4v) is 1.91. The third kappa shape index (κ3) is 3.17. The summed E-state index contributed by atoms with van der Waals surface area (Å²) in [5.41, 5.74) is 7.74. The molecule has 2 aromatic carbocycles. The van der Waals surface area contributed by atoms with Crippen LogP contribution < -0.4 is 5.73 Å². The van der Waals surface area contributed by atoms with Crippen LogP contribution in [0.15, 0.2) is 48.5 Å². The molecule has 98 valence electrons. The monoisotopic (exact) mass is 259 g/mol. The molecule has 0 saturated carbocycles. The van der Waals surface area contributed by atoms with Crippen LogP contribution in [0.3, 0.4) is 0 Å². The van der Waals surface area contributed by atoms with Crippen LogP contribution in [-0.4, -0.2) is 11.1 Å². The van der Waals surface area contributed by atoms with Crippen molar-refractivity contribution < 1.29 is 14.3 Å². The minimum Gasteiger partial charge on any atom is -0.481 e. The zero-order chi connectivity index (χ0) is 13.8. The largest absolute Gasteiger partial charge is 0.481 e. The highest BCUT2D eigenvalue weighted by Crippen LogP contribution is 2.24. The lowest BCUT2D eigenvalue weighted by Gasteiger charge is -2.10. The van der Waals surface area contributed by atoms with Gasteiger partial charge in [0.2, 0.25) is 0 Å². The smallest absolute Gasteiger partial charge is 0.305 e. The number of carboxylic acid groups (broad SMARTS) is 1. The molecule has 2 aromatic rings. The van der Waals surface area contributed by atoms with Gasteiger partial charge in [-0.1, -0.05) is 42.5 Å². The summed E-state index contributed by atoms with van der Waals surface area (Å²) in [5.74, 6) is -1.23. The van der Waals surface area contributed by atoms with E-state index in [0.717, 1.165) is 11.1 Å². The Balaban J connectivity index is 2.24. The maximum Gasteiger partial charge on any atom is 0.305 e. The summed E-state index contributed by atoms with van der Waals surface area (Å²) >= 11 is 0. The van der Waals surface area contributed by atoms with E-state index in [-0.39, 0.29) is 12.2 Å². The van der Waals surface area contributed by atoms with Gasteiger partial charge in [0.25, 0.3) is 0 Å². The van der Waals surface area contributed by atoms with Gasteiger partial charge < -0.3 is 10.8 Å². The van der Waals surface area contributed by atoms with E-state index >= 15 is 0 Å². The fourth-order valence-electron chi connectivity index (χ4n) is 1.91. The first-order valence-electron chi connectivity index (χ1n) is 5.90. The zero-order valence-electron chi connectivity index (χ0n) is 10.2. The first kappa shape index (κ1) is 13.2. The summed E-state index contributed by atoms with van der Waals surface area (Å²) in [4.78, 5) is 10.6. The summed E-state index contributed by atoms with van der Waals surface area (Å²) in [6.07, 6.45) is -0.126. The van der Waals surface area contributed by atoms with Crippen LogP contribution in [0, 0.1) is 5.82 Å². The number of benzene rings is 2. The van der Waals surface area contributed by atoms with Crippen molar-refractivity contribution in [3.8, 4) is 11.1 Å². The van der Waals surface area contributed by atoms with E-state index in [2.05, 4.69) is 0 Å². The number of rotatable bonds is 4. The van der Waals surface area contributed by atoms with E-state index in [1.54, 1.807) is 42.5 Å². The number of aliphatic carboxylic acids is 1. The average Bonchev–Trinajstić information content (AvgIpc) is 2.39. The van der Waals surface area contributed by atoms with Gasteiger partial charge >= 0.3 is 5.97 Å². The third-order valence-corrected chi connectivity index (χ3v) is 2.92. The molecule has 1 unspecified atom stereocenters. The lowest BCUT2D eigenvalue weighted by atomic mass is 9.99. The Morgan fingerprint density at radius 1 is 1.16 bits per heavy atom. The highest BCUT2D eigenvalue weighted by atomic mass is 19.1. The molecule has 4 heteroatoms. The highest BCUT2D eigenvalue weighted by Gasteiger charge is 2.11. The minimum absolute atomic E-state index is 0.126. The van der Waals surface area contributed by atoms with Crippen LogP contribution in [0.25, 0.3) is 11.1 Å². The van der Waals surface area contributed by atoms with Crippen LogP contribution >= 0.6 is 0 Å². The second-order valence-corrected chi connectivity index (χ2v) is 4.31. The normalized spacial score (nSPS) is 12.1. The molecule has 0 aliphatic carbocycles. The van der Waals surface area contributed by atoms with Crippen molar-refractivity contribution in [2.45, 2.75) is 12.5 Å². The van der Waals surface area contributed by atoms with Gasteiger partial charge in [0.05, 0.1) is 6.42 Å². The Morgan fingerprint density at radius 3 is 2.37 bits per heavy atom. The quantitative estimate of drug-likeness (QED) is 0.887. The topological polar surface area (TPSA) is 63.3 Å². The SMILES string of the molecule is NC(CC(=O)O)c1ccc(-c2ccccc2F)cc1. The van der Waals surface area contributed by atoms with Crippen LogP contribution in [0.2, 0.25) is 0 Å². The number of hydrogen-bond donors (Lipinski definition) is 2. The molecule has 0 bridgehead atoms. The Bertz CT molecular complexity index is 581. The molecule has 0 aliphatic rings. The molecule has 3 N–H and O–H groups in total. The summed E-state index contributed by atoms with van der Waals surface area (Å²) in [7, 11) is 0. The highest BCUT2D eigenvalue weighted by molar-refractivity contribution is 5.68. The van der Waals surface area contributed by atoms with Crippen molar-refractivity contribution in [2.24, 2.45) is 5.73 Å². The predicted octanol–water partition coefficient (Wildman–Crippen LogP) is 2.97. The second kappa shape index (κ2) is 5.63. The Kier molecular flexibility index (Phi) is 3.92. The number of hydrogen-bond acceptors (Lipinski definition) is 2. The maximum absolute atomic E-state index is 13.6.